The zero-order valence-electron chi connectivity index (χ0n) is 15.0. The van der Waals surface area contributed by atoms with Gasteiger partial charge in [-0.3, -0.25) is 20.0 Å². The molecule has 0 radical (unpaired) electrons. The highest BCUT2D eigenvalue weighted by molar-refractivity contribution is 6.10. The van der Waals surface area contributed by atoms with Gasteiger partial charge < -0.3 is 4.74 Å². The maximum atomic E-state index is 14.8. The molecule has 27 heavy (non-hydrogen) atoms. The SMILES string of the molecule is CC#Cc1cc(F)c(C2C(=O)NN(Cc3ccccn3)C2=O)c(OCC)c1. The topological polar surface area (TPSA) is 71.5 Å². The molecule has 1 saturated heterocycles. The number of halogens is 1. The van der Waals surface area contributed by atoms with Gasteiger partial charge >= 0.3 is 0 Å². The molecular weight excluding hydrogens is 349 g/mol. The highest BCUT2D eigenvalue weighted by Crippen LogP contribution is 2.35. The van der Waals surface area contributed by atoms with Gasteiger partial charge in [0.15, 0.2) is 5.92 Å². The van der Waals surface area contributed by atoms with Gasteiger partial charge in [0.1, 0.15) is 11.6 Å². The van der Waals surface area contributed by atoms with Gasteiger partial charge in [-0.05, 0) is 38.1 Å². The Morgan fingerprint density at radius 1 is 1.33 bits per heavy atom. The smallest absolute Gasteiger partial charge is 0.258 e. The molecule has 0 bridgehead atoms. The molecule has 0 spiro atoms. The molecule has 138 valence electrons. The van der Waals surface area contributed by atoms with Crippen LogP contribution in [0, 0.1) is 17.7 Å². The van der Waals surface area contributed by atoms with Gasteiger partial charge in [0, 0.05) is 11.8 Å². The Bertz CT molecular complexity index is 935. The van der Waals surface area contributed by atoms with E-state index in [9.17, 15) is 14.0 Å². The fourth-order valence-corrected chi connectivity index (χ4v) is 2.91. The van der Waals surface area contributed by atoms with Crippen molar-refractivity contribution in [2.45, 2.75) is 26.3 Å². The molecule has 1 fully saturated rings. The van der Waals surface area contributed by atoms with E-state index in [1.165, 1.54) is 6.07 Å². The standard InChI is InChI=1S/C20H18FN3O3/c1-3-7-13-10-15(21)17(16(11-13)27-4-2)18-19(25)23-24(20(18)26)12-14-8-5-6-9-22-14/h5-6,8-11,18H,4,12H2,1-2H3,(H,23,25). The van der Waals surface area contributed by atoms with E-state index in [4.69, 9.17) is 4.74 Å². The van der Waals surface area contributed by atoms with Crippen molar-refractivity contribution in [3.63, 3.8) is 0 Å². The van der Waals surface area contributed by atoms with Crippen LogP contribution < -0.4 is 10.2 Å². The van der Waals surface area contributed by atoms with Gasteiger partial charge in [0.05, 0.1) is 24.4 Å². The van der Waals surface area contributed by atoms with Gasteiger partial charge in [-0.1, -0.05) is 12.0 Å². The van der Waals surface area contributed by atoms with E-state index in [-0.39, 0.29) is 24.5 Å². The Balaban J connectivity index is 1.96. The first-order valence-corrected chi connectivity index (χ1v) is 8.46. The average Bonchev–Trinajstić information content (AvgIpc) is 2.90. The van der Waals surface area contributed by atoms with Crippen LogP contribution in [-0.4, -0.2) is 28.4 Å². The van der Waals surface area contributed by atoms with Gasteiger partial charge in [-0.2, -0.15) is 0 Å². The second-order valence-corrected chi connectivity index (χ2v) is 5.83. The van der Waals surface area contributed by atoms with E-state index in [2.05, 4.69) is 22.3 Å². The summed E-state index contributed by atoms with van der Waals surface area (Å²) >= 11 is 0. The molecule has 3 rings (SSSR count). The van der Waals surface area contributed by atoms with Crippen LogP contribution in [0.2, 0.25) is 0 Å². The van der Waals surface area contributed by atoms with Crippen LogP contribution in [0.1, 0.15) is 36.6 Å². The van der Waals surface area contributed by atoms with Crippen molar-refractivity contribution in [3.8, 4) is 17.6 Å². The molecule has 0 aliphatic carbocycles. The van der Waals surface area contributed by atoms with Crippen molar-refractivity contribution in [1.29, 1.82) is 0 Å². The summed E-state index contributed by atoms with van der Waals surface area (Å²) in [6.07, 6.45) is 1.59. The van der Waals surface area contributed by atoms with Crippen LogP contribution in [0.4, 0.5) is 4.39 Å². The fraction of sp³-hybridized carbons (Fsp3) is 0.250. The summed E-state index contributed by atoms with van der Waals surface area (Å²) in [5.41, 5.74) is 3.43. The summed E-state index contributed by atoms with van der Waals surface area (Å²) < 4.78 is 20.3. The van der Waals surface area contributed by atoms with Crippen molar-refractivity contribution in [2.75, 3.05) is 6.61 Å². The van der Waals surface area contributed by atoms with E-state index >= 15 is 0 Å². The third-order valence-corrected chi connectivity index (χ3v) is 4.02. The summed E-state index contributed by atoms with van der Waals surface area (Å²) in [5, 5.41) is 1.14. The number of benzene rings is 1. The fourth-order valence-electron chi connectivity index (χ4n) is 2.91. The van der Waals surface area contributed by atoms with Crippen molar-refractivity contribution in [3.05, 3.63) is 59.2 Å². The summed E-state index contributed by atoms with van der Waals surface area (Å²) in [5.74, 6) is 2.40. The molecule has 2 heterocycles. The van der Waals surface area contributed by atoms with Gasteiger partial charge in [0.25, 0.3) is 11.8 Å². The lowest BCUT2D eigenvalue weighted by Gasteiger charge is -2.16. The van der Waals surface area contributed by atoms with Gasteiger partial charge in [0.2, 0.25) is 0 Å². The zero-order valence-corrected chi connectivity index (χ0v) is 15.0. The number of pyridine rings is 1. The Morgan fingerprint density at radius 2 is 2.15 bits per heavy atom. The van der Waals surface area contributed by atoms with E-state index < -0.39 is 23.5 Å². The highest BCUT2D eigenvalue weighted by atomic mass is 19.1. The molecule has 6 nitrogen and oxygen atoms in total. The van der Waals surface area contributed by atoms with E-state index in [1.807, 2.05) is 0 Å². The van der Waals surface area contributed by atoms with Crippen LogP contribution in [0.5, 0.6) is 5.75 Å². The monoisotopic (exact) mass is 367 g/mol. The number of amides is 2. The zero-order chi connectivity index (χ0) is 19.4. The summed E-state index contributed by atoms with van der Waals surface area (Å²) in [6.45, 7) is 3.72. The number of hydrogen-bond donors (Lipinski definition) is 1. The number of rotatable bonds is 5. The first-order valence-electron chi connectivity index (χ1n) is 8.46. The maximum Gasteiger partial charge on any atom is 0.258 e. The minimum absolute atomic E-state index is 0.0791. The van der Waals surface area contributed by atoms with E-state index in [0.29, 0.717) is 11.3 Å². The first kappa shape index (κ1) is 18.4. The Kier molecular flexibility index (Phi) is 5.36. The molecule has 1 aromatic heterocycles. The first-order chi connectivity index (χ1) is 13.0. The average molecular weight is 367 g/mol. The molecule has 0 saturated carbocycles. The lowest BCUT2D eigenvalue weighted by Crippen LogP contribution is -2.35. The molecule has 1 atom stereocenters. The number of carbonyl (C=O) groups excluding carboxylic acids is 2. The molecule has 7 heteroatoms. The molecule has 2 aromatic rings. The van der Waals surface area contributed by atoms with Gasteiger partial charge in [-0.15, -0.1) is 5.92 Å². The van der Waals surface area contributed by atoms with Crippen molar-refractivity contribution < 1.29 is 18.7 Å². The number of aromatic nitrogens is 1. The lowest BCUT2D eigenvalue weighted by atomic mass is 9.95. The second kappa shape index (κ2) is 7.87. The summed E-state index contributed by atoms with van der Waals surface area (Å²) in [7, 11) is 0. The third-order valence-electron chi connectivity index (χ3n) is 4.02. The van der Waals surface area contributed by atoms with E-state index in [1.54, 1.807) is 44.3 Å². The van der Waals surface area contributed by atoms with Crippen LogP contribution >= 0.6 is 0 Å². The number of hydrazine groups is 1. The number of hydrogen-bond acceptors (Lipinski definition) is 4. The molecule has 1 aromatic carbocycles. The Labute approximate surface area is 156 Å². The van der Waals surface area contributed by atoms with Crippen molar-refractivity contribution >= 4 is 11.8 Å². The predicted octanol–water partition coefficient (Wildman–Crippen LogP) is 2.15. The van der Waals surface area contributed by atoms with E-state index in [0.717, 1.165) is 5.01 Å². The Hall–Kier alpha value is -3.40. The van der Waals surface area contributed by atoms with Gasteiger partial charge in [-0.25, -0.2) is 9.40 Å². The maximum absolute atomic E-state index is 14.8. The number of carbonyl (C=O) groups is 2. The molecule has 1 aliphatic rings. The molecule has 2 amide bonds. The van der Waals surface area contributed by atoms with Crippen LogP contribution in [0.15, 0.2) is 36.5 Å². The minimum Gasteiger partial charge on any atom is -0.493 e. The van der Waals surface area contributed by atoms with Crippen LogP contribution in [-0.2, 0) is 16.1 Å². The lowest BCUT2D eigenvalue weighted by molar-refractivity contribution is -0.131. The molecule has 1 N–H and O–H groups in total. The minimum atomic E-state index is -1.32. The number of nitrogens with zero attached hydrogens (tertiary/aromatic N) is 2. The Morgan fingerprint density at radius 3 is 2.81 bits per heavy atom. The predicted molar refractivity (Wildman–Crippen MR) is 95.8 cm³/mol. The molecular formula is C20H18FN3O3. The van der Waals surface area contributed by atoms with Crippen LogP contribution in [0.3, 0.4) is 0 Å². The van der Waals surface area contributed by atoms with Crippen molar-refractivity contribution in [2.24, 2.45) is 0 Å². The largest absolute Gasteiger partial charge is 0.493 e. The number of ether oxygens (including phenoxy) is 1. The molecule has 1 unspecified atom stereocenters. The van der Waals surface area contributed by atoms with Crippen molar-refractivity contribution in [1.82, 2.24) is 15.4 Å². The highest BCUT2D eigenvalue weighted by Gasteiger charge is 2.43. The summed E-state index contributed by atoms with van der Waals surface area (Å²) in [6, 6.07) is 8.01. The summed E-state index contributed by atoms with van der Waals surface area (Å²) in [4.78, 5) is 29.4. The normalized spacial score (nSPS) is 16.0. The van der Waals surface area contributed by atoms with Crippen LogP contribution in [0.25, 0.3) is 0 Å². The number of nitrogens with one attached hydrogen (secondary N) is 1. The quantitative estimate of drug-likeness (QED) is 0.649. The second-order valence-electron chi connectivity index (χ2n) is 5.83. The third kappa shape index (κ3) is 3.75. The molecule has 1 aliphatic heterocycles.